The lowest BCUT2D eigenvalue weighted by molar-refractivity contribution is 0.248. The van der Waals surface area contributed by atoms with Crippen LogP contribution in [0.1, 0.15) is 13.3 Å². The molecule has 1 rings (SSSR count). The van der Waals surface area contributed by atoms with E-state index in [9.17, 15) is 0 Å². The molecule has 0 spiro atoms. The van der Waals surface area contributed by atoms with Crippen molar-refractivity contribution < 1.29 is 0 Å². The minimum atomic E-state index is 0.317. The van der Waals surface area contributed by atoms with Crippen LogP contribution < -0.4 is 5.73 Å². The van der Waals surface area contributed by atoms with Gasteiger partial charge >= 0.3 is 0 Å². The first-order chi connectivity index (χ1) is 4.24. The lowest BCUT2D eigenvalue weighted by Gasteiger charge is -2.38. The van der Waals surface area contributed by atoms with Gasteiger partial charge in [0.1, 0.15) is 0 Å². The highest BCUT2D eigenvalue weighted by atomic mass is 15.2. The first-order valence-electron chi connectivity index (χ1n) is 3.32. The number of rotatable bonds is 1. The molecule has 0 aromatic rings. The Labute approximate surface area is 55.3 Å². The van der Waals surface area contributed by atoms with E-state index in [-0.39, 0.29) is 0 Å². The van der Waals surface area contributed by atoms with Crippen LogP contribution in [0.3, 0.4) is 0 Å². The van der Waals surface area contributed by atoms with E-state index < -0.39 is 0 Å². The van der Waals surface area contributed by atoms with Crippen LogP contribution in [0.25, 0.3) is 0 Å². The van der Waals surface area contributed by atoms with Crippen molar-refractivity contribution in [1.29, 1.82) is 5.41 Å². The number of likely N-dealkylation sites (tertiary alicyclic amines) is 1. The van der Waals surface area contributed by atoms with E-state index in [2.05, 4.69) is 0 Å². The summed E-state index contributed by atoms with van der Waals surface area (Å²) in [6.45, 7) is 3.76. The summed E-state index contributed by atoms with van der Waals surface area (Å²) >= 11 is 0. The molecule has 1 aliphatic rings. The van der Waals surface area contributed by atoms with Crippen molar-refractivity contribution in [2.75, 3.05) is 13.1 Å². The van der Waals surface area contributed by atoms with Gasteiger partial charge in [-0.25, -0.2) is 0 Å². The maximum atomic E-state index is 7.36. The van der Waals surface area contributed by atoms with Gasteiger partial charge in [0.2, 0.25) is 0 Å². The average Bonchev–Trinajstić information content (AvgIpc) is 1.79. The highest BCUT2D eigenvalue weighted by Crippen LogP contribution is 2.06. The molecular formula is C6H13N3. The largest absolute Gasteiger partial charge is 0.357 e. The lowest BCUT2D eigenvalue weighted by Crippen LogP contribution is -2.57. The van der Waals surface area contributed by atoms with E-state index >= 15 is 0 Å². The highest BCUT2D eigenvalue weighted by Gasteiger charge is 2.23. The van der Waals surface area contributed by atoms with Crippen molar-refractivity contribution >= 4 is 5.84 Å². The Kier molecular flexibility index (Phi) is 1.71. The van der Waals surface area contributed by atoms with Crippen LogP contribution in [0.5, 0.6) is 0 Å². The SMILES string of the molecule is CCC(=N)N1CC(N)C1. The molecule has 0 unspecified atom stereocenters. The van der Waals surface area contributed by atoms with Gasteiger partial charge in [-0.05, 0) is 0 Å². The van der Waals surface area contributed by atoms with Crippen molar-refractivity contribution in [2.24, 2.45) is 5.73 Å². The van der Waals surface area contributed by atoms with Gasteiger partial charge in [-0.3, -0.25) is 5.41 Å². The molecule has 0 amide bonds. The van der Waals surface area contributed by atoms with Gasteiger partial charge < -0.3 is 10.6 Å². The summed E-state index contributed by atoms with van der Waals surface area (Å²) in [4.78, 5) is 2.00. The molecule has 3 nitrogen and oxygen atoms in total. The number of hydrogen-bond donors (Lipinski definition) is 2. The number of nitrogens with two attached hydrogens (primary N) is 1. The Balaban J connectivity index is 2.23. The minimum absolute atomic E-state index is 0.317. The summed E-state index contributed by atoms with van der Waals surface area (Å²) in [7, 11) is 0. The van der Waals surface area contributed by atoms with E-state index in [1.54, 1.807) is 0 Å². The molecular weight excluding hydrogens is 114 g/mol. The minimum Gasteiger partial charge on any atom is -0.357 e. The zero-order valence-corrected chi connectivity index (χ0v) is 5.72. The van der Waals surface area contributed by atoms with Crippen LogP contribution in [0.4, 0.5) is 0 Å². The maximum absolute atomic E-state index is 7.36. The second kappa shape index (κ2) is 2.35. The van der Waals surface area contributed by atoms with Crippen molar-refractivity contribution in [3.05, 3.63) is 0 Å². The van der Waals surface area contributed by atoms with Crippen LogP contribution in [0.15, 0.2) is 0 Å². The predicted molar refractivity (Wildman–Crippen MR) is 37.6 cm³/mol. The molecule has 0 radical (unpaired) electrons. The summed E-state index contributed by atoms with van der Waals surface area (Å²) in [6, 6.07) is 0.317. The fourth-order valence-corrected chi connectivity index (χ4v) is 0.957. The topological polar surface area (TPSA) is 53.1 Å². The molecule has 0 saturated carbocycles. The first-order valence-corrected chi connectivity index (χ1v) is 3.32. The molecule has 1 heterocycles. The van der Waals surface area contributed by atoms with Crippen LogP contribution in [0.2, 0.25) is 0 Å². The van der Waals surface area contributed by atoms with Gasteiger partial charge in [0, 0.05) is 25.6 Å². The van der Waals surface area contributed by atoms with Gasteiger partial charge in [-0.15, -0.1) is 0 Å². The quantitative estimate of drug-likeness (QED) is 0.385. The van der Waals surface area contributed by atoms with Crippen LogP contribution in [0, 0.1) is 5.41 Å². The highest BCUT2D eigenvalue weighted by molar-refractivity contribution is 5.79. The predicted octanol–water partition coefficient (Wildman–Crippen LogP) is 0.0166. The Morgan fingerprint density at radius 1 is 1.78 bits per heavy atom. The van der Waals surface area contributed by atoms with Crippen LogP contribution >= 0.6 is 0 Å². The zero-order valence-electron chi connectivity index (χ0n) is 5.72. The van der Waals surface area contributed by atoms with E-state index in [0.29, 0.717) is 6.04 Å². The lowest BCUT2D eigenvalue weighted by atomic mass is 10.1. The Bertz CT molecular complexity index is 115. The molecule has 3 heteroatoms. The van der Waals surface area contributed by atoms with Crippen molar-refractivity contribution in [3.63, 3.8) is 0 Å². The van der Waals surface area contributed by atoms with E-state index in [0.717, 1.165) is 25.3 Å². The summed E-state index contributed by atoms with van der Waals surface area (Å²) in [5, 5.41) is 7.36. The fourth-order valence-electron chi connectivity index (χ4n) is 0.957. The summed E-state index contributed by atoms with van der Waals surface area (Å²) in [5.74, 6) is 0.719. The first kappa shape index (κ1) is 6.55. The summed E-state index contributed by atoms with van der Waals surface area (Å²) < 4.78 is 0. The van der Waals surface area contributed by atoms with Gasteiger partial charge in [0.15, 0.2) is 0 Å². The van der Waals surface area contributed by atoms with Gasteiger partial charge in [0.25, 0.3) is 0 Å². The normalized spacial score (nSPS) is 19.6. The molecule has 0 aromatic heterocycles. The zero-order chi connectivity index (χ0) is 6.85. The molecule has 52 valence electrons. The third-order valence-corrected chi connectivity index (χ3v) is 1.63. The number of hydrogen-bond acceptors (Lipinski definition) is 2. The van der Waals surface area contributed by atoms with E-state index in [1.165, 1.54) is 0 Å². The molecule has 1 saturated heterocycles. The number of nitrogens with one attached hydrogen (secondary N) is 1. The van der Waals surface area contributed by atoms with Crippen molar-refractivity contribution in [1.82, 2.24) is 4.90 Å². The van der Waals surface area contributed by atoms with Crippen LogP contribution in [-0.4, -0.2) is 29.9 Å². The van der Waals surface area contributed by atoms with Crippen LogP contribution in [-0.2, 0) is 0 Å². The van der Waals surface area contributed by atoms with Gasteiger partial charge in [-0.1, -0.05) is 6.92 Å². The molecule has 0 aliphatic carbocycles. The molecule has 0 aromatic carbocycles. The molecule has 9 heavy (non-hydrogen) atoms. The maximum Gasteiger partial charge on any atom is 0.0955 e. The molecule has 1 fully saturated rings. The monoisotopic (exact) mass is 127 g/mol. The summed E-state index contributed by atoms with van der Waals surface area (Å²) in [6.07, 6.45) is 0.826. The molecule has 0 atom stereocenters. The second-order valence-electron chi connectivity index (χ2n) is 2.47. The molecule has 0 bridgehead atoms. The van der Waals surface area contributed by atoms with Gasteiger partial charge in [-0.2, -0.15) is 0 Å². The fraction of sp³-hybridized carbons (Fsp3) is 0.833. The molecule has 1 aliphatic heterocycles. The van der Waals surface area contributed by atoms with E-state index in [1.807, 2.05) is 11.8 Å². The van der Waals surface area contributed by atoms with E-state index in [4.69, 9.17) is 11.1 Å². The van der Waals surface area contributed by atoms with Gasteiger partial charge in [0.05, 0.1) is 5.84 Å². The standard InChI is InChI=1S/C6H13N3/c1-2-6(8)9-3-5(7)4-9/h5,8H,2-4,7H2,1H3. The Hall–Kier alpha value is -0.570. The van der Waals surface area contributed by atoms with Crippen molar-refractivity contribution in [2.45, 2.75) is 19.4 Å². The number of amidine groups is 1. The second-order valence-corrected chi connectivity index (χ2v) is 2.47. The Morgan fingerprint density at radius 3 is 2.67 bits per heavy atom. The number of nitrogens with zero attached hydrogens (tertiary/aromatic N) is 1. The third kappa shape index (κ3) is 1.21. The third-order valence-electron chi connectivity index (χ3n) is 1.63. The Morgan fingerprint density at radius 2 is 2.33 bits per heavy atom. The smallest absolute Gasteiger partial charge is 0.0955 e. The van der Waals surface area contributed by atoms with Crippen molar-refractivity contribution in [3.8, 4) is 0 Å². The average molecular weight is 127 g/mol. The molecule has 3 N–H and O–H groups in total. The summed E-state index contributed by atoms with van der Waals surface area (Å²) in [5.41, 5.74) is 5.52.